The van der Waals surface area contributed by atoms with Crippen LogP contribution in [0.4, 0.5) is 0 Å². The maximum Gasteiger partial charge on any atom is 0.264 e. The minimum atomic E-state index is -0.448. The number of hydrogen-bond donors (Lipinski definition) is 0. The lowest BCUT2D eigenvalue weighted by Gasteiger charge is -2.33. The Morgan fingerprint density at radius 1 is 0.365 bits per heavy atom. The van der Waals surface area contributed by atoms with Crippen LogP contribution < -0.4 is 21.1 Å². The van der Waals surface area contributed by atoms with Crippen LogP contribution in [0.2, 0.25) is 0 Å². The zero-order valence-corrected chi connectivity index (χ0v) is 39.9. The first-order chi connectivity index (χ1) is 36.7. The van der Waals surface area contributed by atoms with E-state index >= 15 is 0 Å². The lowest BCUT2D eigenvalue weighted by molar-refractivity contribution is 0.479. The van der Waals surface area contributed by atoms with Crippen LogP contribution in [0, 0.1) is 0 Å². The Bertz CT molecular complexity index is 4840. The first kappa shape index (κ1) is 39.3. The van der Waals surface area contributed by atoms with Gasteiger partial charge < -0.3 is 27.0 Å². The average Bonchev–Trinajstić information content (AvgIpc) is 4.41. The van der Waals surface area contributed by atoms with E-state index in [1.54, 1.807) is 11.8 Å². The molecule has 0 unspecified atom stereocenters. The lowest BCUT2D eigenvalue weighted by atomic mass is 9.35. The Hall–Kier alpha value is -9.37. The molecule has 0 N–H and O–H groups in total. The minimum absolute atomic E-state index is 0.448. The number of rotatable bonds is 3. The van der Waals surface area contributed by atoms with Crippen LogP contribution in [0.25, 0.3) is 138 Å². The predicted molar refractivity (Wildman–Crippen MR) is 303 cm³/mol. The van der Waals surface area contributed by atoms with Crippen molar-refractivity contribution in [3.63, 3.8) is 0 Å². The summed E-state index contributed by atoms with van der Waals surface area (Å²) in [7, 11) is 0. The van der Waals surface area contributed by atoms with E-state index in [2.05, 4.69) is 199 Å². The maximum atomic E-state index is 7.63. The molecule has 74 heavy (non-hydrogen) atoms. The number of nitrogens with zero attached hydrogens (tertiary/aromatic N) is 1. The summed E-state index contributed by atoms with van der Waals surface area (Å²) in [5, 5.41) is 10.5. The van der Waals surface area contributed by atoms with Gasteiger partial charge in [0, 0.05) is 81.4 Å². The number of fused-ring (bicyclic) bond motifs is 25. The summed E-state index contributed by atoms with van der Waals surface area (Å²) >= 11 is 1.73. The van der Waals surface area contributed by atoms with Gasteiger partial charge in [0.1, 0.15) is 44.8 Å². The molecule has 0 amide bonds. The highest BCUT2D eigenvalue weighted by Gasteiger charge is 2.47. The van der Waals surface area contributed by atoms with E-state index in [1.165, 1.54) is 10.8 Å². The monoisotopic (exact) mass is 963 g/mol. The molecular formula is C66H34BNO5S. The Morgan fingerprint density at radius 3 is 1.46 bits per heavy atom. The van der Waals surface area contributed by atoms with Gasteiger partial charge in [0.25, 0.3) is 6.71 Å². The molecular weight excluding hydrogens is 930 g/mol. The fourth-order valence-corrected chi connectivity index (χ4v) is 14.2. The number of para-hydroxylation sites is 6. The quantitative estimate of drug-likeness (QED) is 0.164. The largest absolute Gasteiger partial charge is 0.457 e. The van der Waals surface area contributed by atoms with E-state index < -0.39 is 6.71 Å². The van der Waals surface area contributed by atoms with E-state index in [0.717, 1.165) is 153 Å². The topological polar surface area (TPSA) is 66.7 Å². The van der Waals surface area contributed by atoms with Crippen LogP contribution in [0.5, 0.6) is 11.5 Å². The molecule has 342 valence electrons. The minimum Gasteiger partial charge on any atom is -0.457 e. The van der Waals surface area contributed by atoms with Crippen molar-refractivity contribution in [3.8, 4) is 39.4 Å². The molecule has 0 fully saturated rings. The standard InChI is InChI=1S/C66H34BNO5S/c1-3-17-35(18-4-1)38-25-15-27-44-54-52-42-23-9-13-31-48(42)69-61(52)57-65(63(54)72-59(38)44)71-50-33-37(68-46-29-11-7-21-40(46)41-22-8-12-30-47(41)68)34-51-56(50)67(57)58-62-53(43-24-10-14-32-49(43)70-62)55-45-28-16-26-39(36-19-5-2-6-20-36)60(45)73-64(55)66(58)74-51/h1-34H. The summed E-state index contributed by atoms with van der Waals surface area (Å²) in [6, 6.07) is 72.7. The highest BCUT2D eigenvalue weighted by molar-refractivity contribution is 8.00. The van der Waals surface area contributed by atoms with Crippen molar-refractivity contribution in [2.75, 3.05) is 0 Å². The third kappa shape index (κ3) is 4.98. The number of aromatic nitrogens is 1. The van der Waals surface area contributed by atoms with Gasteiger partial charge in [0.2, 0.25) is 0 Å². The van der Waals surface area contributed by atoms with Crippen molar-refractivity contribution in [3.05, 3.63) is 206 Å². The highest BCUT2D eigenvalue weighted by atomic mass is 32.2. The van der Waals surface area contributed by atoms with Gasteiger partial charge in [0.15, 0.2) is 11.3 Å². The molecule has 7 heterocycles. The molecule has 0 spiro atoms. The van der Waals surface area contributed by atoms with E-state index in [9.17, 15) is 0 Å². The van der Waals surface area contributed by atoms with Gasteiger partial charge in [-0.15, -0.1) is 0 Å². The second kappa shape index (κ2) is 14.2. The highest BCUT2D eigenvalue weighted by Crippen LogP contribution is 2.53. The van der Waals surface area contributed by atoms with Gasteiger partial charge in [-0.2, -0.15) is 0 Å². The molecule has 0 atom stereocenters. The van der Waals surface area contributed by atoms with Crippen molar-refractivity contribution < 1.29 is 22.4 Å². The average molecular weight is 964 g/mol. The third-order valence-electron chi connectivity index (χ3n) is 15.9. The summed E-state index contributed by atoms with van der Waals surface area (Å²) in [5.74, 6) is 1.37. The number of furan rings is 4. The van der Waals surface area contributed by atoms with Crippen molar-refractivity contribution in [2.24, 2.45) is 0 Å². The van der Waals surface area contributed by atoms with Crippen LogP contribution in [0.1, 0.15) is 0 Å². The zero-order valence-electron chi connectivity index (χ0n) is 39.1. The molecule has 2 aliphatic rings. The molecule has 2 aliphatic heterocycles. The summed E-state index contributed by atoms with van der Waals surface area (Å²) in [6.45, 7) is -0.448. The summed E-state index contributed by atoms with van der Waals surface area (Å²) < 4.78 is 39.5. The lowest BCUT2D eigenvalue weighted by Crippen LogP contribution is -2.58. The molecule has 5 aromatic heterocycles. The second-order valence-corrected chi connectivity index (χ2v) is 20.7. The van der Waals surface area contributed by atoms with Crippen LogP contribution in [-0.2, 0) is 0 Å². The predicted octanol–water partition coefficient (Wildman–Crippen LogP) is 16.8. The van der Waals surface area contributed by atoms with E-state index in [1.807, 2.05) is 12.1 Å². The van der Waals surface area contributed by atoms with Crippen LogP contribution in [0.3, 0.4) is 0 Å². The zero-order chi connectivity index (χ0) is 47.9. The summed E-state index contributed by atoms with van der Waals surface area (Å²) in [6.07, 6.45) is 0. The molecule has 0 saturated carbocycles. The molecule has 16 aromatic rings. The third-order valence-corrected chi connectivity index (χ3v) is 17.1. The SMILES string of the molecule is c1ccc(-c2cccc3c2oc2c4c(c5oc6ccccc6c5c23)B2c3c(cc(-n5c6ccccc6c6ccccc65)cc3Sc3c2c2oc5ccccc5c2c2c3oc3c(-c5ccccc5)cccc32)O4)cc1. The Labute approximate surface area is 424 Å². The number of benzene rings is 11. The van der Waals surface area contributed by atoms with E-state index in [4.69, 9.17) is 22.4 Å². The Balaban J connectivity index is 1.04. The fourth-order valence-electron chi connectivity index (χ4n) is 12.9. The molecule has 8 heteroatoms. The van der Waals surface area contributed by atoms with Gasteiger partial charge >= 0.3 is 0 Å². The van der Waals surface area contributed by atoms with Gasteiger partial charge in [0.05, 0.1) is 21.6 Å². The van der Waals surface area contributed by atoms with Crippen molar-refractivity contribution >= 4 is 144 Å². The van der Waals surface area contributed by atoms with Crippen LogP contribution in [0.15, 0.2) is 234 Å². The Morgan fingerprint density at radius 2 is 0.851 bits per heavy atom. The summed E-state index contributed by atoms with van der Waals surface area (Å²) in [4.78, 5) is 2.06. The van der Waals surface area contributed by atoms with Crippen molar-refractivity contribution in [2.45, 2.75) is 9.79 Å². The van der Waals surface area contributed by atoms with E-state index in [0.29, 0.717) is 11.3 Å². The van der Waals surface area contributed by atoms with Gasteiger partial charge in [-0.05, 0) is 52.4 Å². The van der Waals surface area contributed by atoms with Crippen molar-refractivity contribution in [1.29, 1.82) is 0 Å². The molecule has 0 saturated heterocycles. The normalized spacial score (nSPS) is 13.2. The first-order valence-electron chi connectivity index (χ1n) is 25.0. The molecule has 0 aliphatic carbocycles. The van der Waals surface area contributed by atoms with Gasteiger partial charge in [-0.1, -0.05) is 182 Å². The first-order valence-corrected chi connectivity index (χ1v) is 25.8. The maximum absolute atomic E-state index is 7.63. The van der Waals surface area contributed by atoms with E-state index in [-0.39, 0.29) is 0 Å². The van der Waals surface area contributed by atoms with Crippen molar-refractivity contribution in [1.82, 2.24) is 4.57 Å². The Kier molecular flexibility index (Phi) is 7.53. The smallest absolute Gasteiger partial charge is 0.264 e. The molecule has 11 aromatic carbocycles. The van der Waals surface area contributed by atoms with Gasteiger partial charge in [-0.3, -0.25) is 0 Å². The second-order valence-electron chi connectivity index (χ2n) is 19.7. The molecule has 0 bridgehead atoms. The van der Waals surface area contributed by atoms with Crippen LogP contribution >= 0.6 is 11.8 Å². The number of hydrogen-bond acceptors (Lipinski definition) is 6. The van der Waals surface area contributed by atoms with Gasteiger partial charge in [-0.25, -0.2) is 0 Å². The molecule has 6 nitrogen and oxygen atoms in total. The molecule has 18 rings (SSSR count). The summed E-state index contributed by atoms with van der Waals surface area (Å²) in [5.41, 5.74) is 16.7. The molecule has 0 radical (unpaired) electrons. The fraction of sp³-hybridized carbons (Fsp3) is 0. The van der Waals surface area contributed by atoms with Crippen LogP contribution in [-0.4, -0.2) is 11.3 Å². The number of ether oxygens (including phenoxy) is 1.